The van der Waals surface area contributed by atoms with Crippen LogP contribution in [0.15, 0.2) is 42.5 Å². The number of hydrogen-bond donors (Lipinski definition) is 1. The molecule has 0 saturated heterocycles. The number of aromatic carboxylic acids is 1. The van der Waals surface area contributed by atoms with Crippen molar-refractivity contribution in [1.82, 2.24) is 0 Å². The highest BCUT2D eigenvalue weighted by Gasteiger charge is 2.19. The van der Waals surface area contributed by atoms with Crippen molar-refractivity contribution < 1.29 is 18.7 Å². The quantitative estimate of drug-likeness (QED) is 0.902. The molecule has 0 amide bonds. The monoisotopic (exact) mass is 274 g/mol. The maximum Gasteiger partial charge on any atom is 0.336 e. The van der Waals surface area contributed by atoms with Gasteiger partial charge in [-0.25, -0.2) is 13.6 Å². The molecule has 2 aromatic carbocycles. The lowest BCUT2D eigenvalue weighted by Gasteiger charge is -2.09. The molecule has 0 saturated carbocycles. The van der Waals surface area contributed by atoms with Crippen molar-refractivity contribution >= 4 is 12.0 Å². The lowest BCUT2D eigenvalue weighted by Crippen LogP contribution is -2.03. The van der Waals surface area contributed by atoms with Gasteiger partial charge in [-0.3, -0.25) is 0 Å². The van der Waals surface area contributed by atoms with Crippen LogP contribution >= 0.6 is 0 Å². The second kappa shape index (κ2) is 5.65. The summed E-state index contributed by atoms with van der Waals surface area (Å²) in [6.45, 7) is 1.86. The third-order valence-corrected chi connectivity index (χ3v) is 2.88. The number of carboxylic acids is 1. The van der Waals surface area contributed by atoms with Gasteiger partial charge in [-0.2, -0.15) is 0 Å². The smallest absolute Gasteiger partial charge is 0.336 e. The summed E-state index contributed by atoms with van der Waals surface area (Å²) in [7, 11) is 0. The molecule has 0 aromatic heterocycles. The Morgan fingerprint density at radius 2 is 1.75 bits per heavy atom. The number of carbonyl (C=O) groups is 1. The Bertz CT molecular complexity index is 674. The van der Waals surface area contributed by atoms with E-state index in [9.17, 15) is 13.6 Å². The van der Waals surface area contributed by atoms with Crippen LogP contribution in [-0.4, -0.2) is 11.1 Å². The van der Waals surface area contributed by atoms with Gasteiger partial charge in [0.05, 0.1) is 5.56 Å². The van der Waals surface area contributed by atoms with Gasteiger partial charge in [-0.15, -0.1) is 0 Å². The zero-order chi connectivity index (χ0) is 14.7. The van der Waals surface area contributed by atoms with Crippen LogP contribution in [0.2, 0.25) is 0 Å². The van der Waals surface area contributed by atoms with E-state index in [1.54, 1.807) is 24.3 Å². The van der Waals surface area contributed by atoms with E-state index < -0.39 is 17.6 Å². The van der Waals surface area contributed by atoms with E-state index in [0.29, 0.717) is 5.56 Å². The predicted molar refractivity (Wildman–Crippen MR) is 73.5 cm³/mol. The summed E-state index contributed by atoms with van der Waals surface area (Å²) in [6.07, 6.45) is 3.70. The molecule has 0 aliphatic carbocycles. The van der Waals surface area contributed by atoms with Crippen molar-refractivity contribution in [3.63, 3.8) is 0 Å². The van der Waals surface area contributed by atoms with Gasteiger partial charge in [0.25, 0.3) is 0 Å². The van der Waals surface area contributed by atoms with Gasteiger partial charge < -0.3 is 5.11 Å². The van der Waals surface area contributed by atoms with Crippen LogP contribution < -0.4 is 0 Å². The van der Waals surface area contributed by atoms with E-state index in [2.05, 4.69) is 0 Å². The molecular weight excluding hydrogens is 262 g/mol. The van der Waals surface area contributed by atoms with E-state index in [0.717, 1.165) is 17.7 Å². The molecule has 0 atom stereocenters. The highest BCUT2D eigenvalue weighted by atomic mass is 19.2. The van der Waals surface area contributed by atoms with Crippen molar-refractivity contribution in [2.75, 3.05) is 0 Å². The van der Waals surface area contributed by atoms with Gasteiger partial charge in [0.15, 0.2) is 11.6 Å². The van der Waals surface area contributed by atoms with Gasteiger partial charge in [0.2, 0.25) is 0 Å². The minimum Gasteiger partial charge on any atom is -0.478 e. The standard InChI is InChI=1S/C16H12F2O2/c1-2-3-10-4-6-11(7-5-10)14-12(16(19)20)8-9-13(17)15(14)18/h2-9H,1H3,(H,19,20). The topological polar surface area (TPSA) is 37.3 Å². The fraction of sp³-hybridized carbons (Fsp3) is 0.0625. The lowest BCUT2D eigenvalue weighted by molar-refractivity contribution is 0.0697. The molecule has 0 fully saturated rings. The number of allylic oxidation sites excluding steroid dienone is 1. The summed E-state index contributed by atoms with van der Waals surface area (Å²) < 4.78 is 27.2. The Kier molecular flexibility index (Phi) is 3.94. The van der Waals surface area contributed by atoms with Crippen molar-refractivity contribution in [2.45, 2.75) is 6.92 Å². The largest absolute Gasteiger partial charge is 0.478 e. The molecule has 102 valence electrons. The van der Waals surface area contributed by atoms with Gasteiger partial charge in [0, 0.05) is 5.56 Å². The van der Waals surface area contributed by atoms with Crippen LogP contribution in [0.1, 0.15) is 22.8 Å². The average Bonchev–Trinajstić information content (AvgIpc) is 2.43. The number of hydrogen-bond acceptors (Lipinski definition) is 1. The first kappa shape index (κ1) is 13.9. The second-order valence-corrected chi connectivity index (χ2v) is 4.21. The van der Waals surface area contributed by atoms with Crippen molar-refractivity contribution in [3.05, 3.63) is 65.2 Å². The molecule has 1 N–H and O–H groups in total. The zero-order valence-electron chi connectivity index (χ0n) is 10.7. The van der Waals surface area contributed by atoms with Crippen LogP contribution in [0.3, 0.4) is 0 Å². The Hall–Kier alpha value is -2.49. The summed E-state index contributed by atoms with van der Waals surface area (Å²) in [5.41, 5.74) is 0.727. The summed E-state index contributed by atoms with van der Waals surface area (Å²) in [5.74, 6) is -3.51. The highest BCUT2D eigenvalue weighted by molar-refractivity contribution is 5.96. The summed E-state index contributed by atoms with van der Waals surface area (Å²) in [4.78, 5) is 11.1. The van der Waals surface area contributed by atoms with Crippen LogP contribution in [0.25, 0.3) is 17.2 Å². The fourth-order valence-electron chi connectivity index (χ4n) is 1.96. The molecule has 2 rings (SSSR count). The van der Waals surface area contributed by atoms with Crippen molar-refractivity contribution in [2.24, 2.45) is 0 Å². The Morgan fingerprint density at radius 3 is 2.30 bits per heavy atom. The van der Waals surface area contributed by atoms with E-state index in [4.69, 9.17) is 5.11 Å². The number of benzene rings is 2. The number of halogens is 2. The maximum absolute atomic E-state index is 13.9. The van der Waals surface area contributed by atoms with E-state index in [1.165, 1.54) is 0 Å². The maximum atomic E-state index is 13.9. The first-order chi connectivity index (χ1) is 9.54. The fourth-order valence-corrected chi connectivity index (χ4v) is 1.96. The molecule has 2 aromatic rings. The number of carboxylic acid groups (broad SMARTS) is 1. The molecule has 0 radical (unpaired) electrons. The van der Waals surface area contributed by atoms with E-state index >= 15 is 0 Å². The summed E-state index contributed by atoms with van der Waals surface area (Å²) in [5, 5.41) is 9.08. The number of rotatable bonds is 3. The third-order valence-electron chi connectivity index (χ3n) is 2.88. The average molecular weight is 274 g/mol. The summed E-state index contributed by atoms with van der Waals surface area (Å²) >= 11 is 0. The minimum absolute atomic E-state index is 0.232. The molecule has 0 unspecified atom stereocenters. The zero-order valence-corrected chi connectivity index (χ0v) is 10.7. The van der Waals surface area contributed by atoms with Gasteiger partial charge >= 0.3 is 5.97 Å². The van der Waals surface area contributed by atoms with E-state index in [-0.39, 0.29) is 11.1 Å². The Balaban J connectivity index is 2.61. The molecule has 0 aliphatic rings. The SMILES string of the molecule is CC=Cc1ccc(-c2c(C(=O)O)ccc(F)c2F)cc1. The van der Waals surface area contributed by atoms with Gasteiger partial charge in [-0.05, 0) is 30.2 Å². The molecule has 4 heteroatoms. The first-order valence-corrected chi connectivity index (χ1v) is 5.99. The molecule has 0 heterocycles. The third kappa shape index (κ3) is 2.59. The van der Waals surface area contributed by atoms with Gasteiger partial charge in [0.1, 0.15) is 0 Å². The van der Waals surface area contributed by atoms with E-state index in [1.807, 2.05) is 19.1 Å². The van der Waals surface area contributed by atoms with Crippen molar-refractivity contribution in [3.8, 4) is 11.1 Å². The Morgan fingerprint density at radius 1 is 1.10 bits per heavy atom. The molecule has 0 aliphatic heterocycles. The van der Waals surface area contributed by atoms with Crippen LogP contribution in [0.5, 0.6) is 0 Å². The van der Waals surface area contributed by atoms with Gasteiger partial charge in [-0.1, -0.05) is 36.4 Å². The molecule has 0 spiro atoms. The molecule has 0 bridgehead atoms. The molecule has 2 nitrogen and oxygen atoms in total. The normalized spacial score (nSPS) is 10.9. The van der Waals surface area contributed by atoms with Crippen LogP contribution in [0.4, 0.5) is 8.78 Å². The molecule has 20 heavy (non-hydrogen) atoms. The minimum atomic E-state index is -1.29. The highest BCUT2D eigenvalue weighted by Crippen LogP contribution is 2.29. The second-order valence-electron chi connectivity index (χ2n) is 4.21. The first-order valence-electron chi connectivity index (χ1n) is 5.99. The Labute approximate surface area is 115 Å². The summed E-state index contributed by atoms with van der Waals surface area (Å²) in [6, 6.07) is 8.45. The predicted octanol–water partition coefficient (Wildman–Crippen LogP) is 4.36. The molecular formula is C16H12F2O2. The van der Waals surface area contributed by atoms with Crippen LogP contribution in [0, 0.1) is 11.6 Å². The van der Waals surface area contributed by atoms with Crippen molar-refractivity contribution in [1.29, 1.82) is 0 Å². The lowest BCUT2D eigenvalue weighted by atomic mass is 9.97. The van der Waals surface area contributed by atoms with Crippen LogP contribution in [-0.2, 0) is 0 Å².